The number of methoxy groups -OCH3 is 1. The van der Waals surface area contributed by atoms with E-state index in [1.165, 1.54) is 6.92 Å². The molecule has 0 spiro atoms. The van der Waals surface area contributed by atoms with E-state index in [-0.39, 0.29) is 0 Å². The first-order valence-electron chi connectivity index (χ1n) is 2.89. The molecule has 62 valence electrons. The molecule has 0 aromatic rings. The van der Waals surface area contributed by atoms with Gasteiger partial charge in [-0.15, -0.1) is 0 Å². The van der Waals surface area contributed by atoms with Crippen molar-refractivity contribution in [1.29, 1.82) is 0 Å². The summed E-state index contributed by atoms with van der Waals surface area (Å²) in [6.07, 6.45) is -0.206. The Kier molecular flexibility index (Phi) is 10.5. The molecule has 0 heterocycles. The highest BCUT2D eigenvalue weighted by molar-refractivity contribution is 5.57. The lowest BCUT2D eigenvalue weighted by Crippen LogP contribution is -2.33. The monoisotopic (exact) mass is 149 g/mol. The molecule has 0 amide bonds. The molecular weight excluding hydrogens is 134 g/mol. The van der Waals surface area contributed by atoms with E-state index < -0.39 is 12.1 Å². The van der Waals surface area contributed by atoms with Gasteiger partial charge in [-0.25, -0.2) is 0 Å². The second-order valence-corrected chi connectivity index (χ2v) is 1.86. The van der Waals surface area contributed by atoms with Gasteiger partial charge in [-0.05, 0) is 6.92 Å². The Labute approximate surface area is 61.0 Å². The smallest absolute Gasteiger partial charge is 0.139 e. The molecule has 0 fully saturated rings. The molecular formula is C6H15NO3. The van der Waals surface area contributed by atoms with Crippen molar-refractivity contribution in [2.75, 3.05) is 14.2 Å². The lowest BCUT2D eigenvalue weighted by atomic mass is 10.2. The Morgan fingerprint density at radius 3 is 1.90 bits per heavy atom. The van der Waals surface area contributed by atoms with Crippen LogP contribution in [0.3, 0.4) is 0 Å². The third-order valence-corrected chi connectivity index (χ3v) is 0.714. The van der Waals surface area contributed by atoms with Crippen LogP contribution < -0.4 is 5.73 Å². The van der Waals surface area contributed by atoms with Crippen LogP contribution in [-0.4, -0.2) is 37.8 Å². The van der Waals surface area contributed by atoms with E-state index in [0.717, 1.165) is 0 Å². The fourth-order valence-electron chi connectivity index (χ4n) is 0.114. The van der Waals surface area contributed by atoms with Crippen LogP contribution in [0.25, 0.3) is 0 Å². The molecule has 0 saturated carbocycles. The summed E-state index contributed by atoms with van der Waals surface area (Å²) in [5.74, 6) is 0. The Morgan fingerprint density at radius 2 is 1.90 bits per heavy atom. The molecule has 0 rings (SSSR count). The molecule has 4 nitrogen and oxygen atoms in total. The molecule has 2 atom stereocenters. The van der Waals surface area contributed by atoms with Crippen LogP contribution in [0.2, 0.25) is 0 Å². The standard InChI is InChI=1S/C4H9NO2.C2H6O/c1-3(7)4(5)2-6;1-3-2/h2-4,7H,5H2,1H3;1-2H3. The van der Waals surface area contributed by atoms with Crippen molar-refractivity contribution in [3.8, 4) is 0 Å². The summed E-state index contributed by atoms with van der Waals surface area (Å²) in [4.78, 5) is 9.66. The first-order valence-corrected chi connectivity index (χ1v) is 2.89. The number of aldehydes is 1. The normalized spacial score (nSPS) is 14.5. The van der Waals surface area contributed by atoms with Crippen LogP contribution in [0, 0.1) is 0 Å². The number of nitrogens with two attached hydrogens (primary N) is 1. The predicted octanol–water partition coefficient (Wildman–Crippen LogP) is -0.844. The quantitative estimate of drug-likeness (QED) is 0.502. The second kappa shape index (κ2) is 8.55. The summed E-state index contributed by atoms with van der Waals surface area (Å²) in [7, 11) is 3.25. The molecule has 0 aliphatic carbocycles. The van der Waals surface area contributed by atoms with Crippen LogP contribution in [0.1, 0.15) is 6.92 Å². The van der Waals surface area contributed by atoms with Crippen molar-refractivity contribution in [3.63, 3.8) is 0 Å². The number of carbonyl (C=O) groups excluding carboxylic acids is 1. The molecule has 4 heteroatoms. The van der Waals surface area contributed by atoms with E-state index in [1.54, 1.807) is 14.2 Å². The summed E-state index contributed by atoms with van der Waals surface area (Å²) >= 11 is 0. The topological polar surface area (TPSA) is 72.5 Å². The van der Waals surface area contributed by atoms with Gasteiger partial charge < -0.3 is 20.4 Å². The van der Waals surface area contributed by atoms with Crippen molar-refractivity contribution in [1.82, 2.24) is 0 Å². The van der Waals surface area contributed by atoms with Crippen molar-refractivity contribution in [2.45, 2.75) is 19.1 Å². The molecule has 3 N–H and O–H groups in total. The van der Waals surface area contributed by atoms with Crippen molar-refractivity contribution in [3.05, 3.63) is 0 Å². The van der Waals surface area contributed by atoms with Crippen LogP contribution in [-0.2, 0) is 9.53 Å². The Balaban J connectivity index is 0. The van der Waals surface area contributed by atoms with Gasteiger partial charge in [0.15, 0.2) is 0 Å². The highest BCUT2D eigenvalue weighted by atomic mass is 16.4. The van der Waals surface area contributed by atoms with Crippen molar-refractivity contribution < 1.29 is 14.6 Å². The van der Waals surface area contributed by atoms with Gasteiger partial charge in [0, 0.05) is 14.2 Å². The van der Waals surface area contributed by atoms with Gasteiger partial charge in [0.25, 0.3) is 0 Å². The van der Waals surface area contributed by atoms with Gasteiger partial charge in [0.1, 0.15) is 6.29 Å². The van der Waals surface area contributed by atoms with Gasteiger partial charge in [-0.2, -0.15) is 0 Å². The fraction of sp³-hybridized carbons (Fsp3) is 0.833. The Hall–Kier alpha value is -0.450. The average molecular weight is 149 g/mol. The van der Waals surface area contributed by atoms with Crippen LogP contribution in [0.4, 0.5) is 0 Å². The molecule has 0 aromatic heterocycles. The number of aliphatic hydroxyl groups excluding tert-OH is 1. The van der Waals surface area contributed by atoms with E-state index in [1.807, 2.05) is 0 Å². The zero-order valence-electron chi connectivity index (χ0n) is 6.57. The highest BCUT2D eigenvalue weighted by Crippen LogP contribution is 1.80. The number of hydrogen-bond donors (Lipinski definition) is 2. The highest BCUT2D eigenvalue weighted by Gasteiger charge is 2.04. The maximum Gasteiger partial charge on any atom is 0.139 e. The number of carbonyl (C=O) groups is 1. The average Bonchev–Trinajstić information content (AvgIpc) is 1.88. The van der Waals surface area contributed by atoms with Gasteiger partial charge in [0.2, 0.25) is 0 Å². The van der Waals surface area contributed by atoms with Crippen LogP contribution >= 0.6 is 0 Å². The van der Waals surface area contributed by atoms with Gasteiger partial charge >= 0.3 is 0 Å². The van der Waals surface area contributed by atoms with Gasteiger partial charge in [-0.1, -0.05) is 0 Å². The second-order valence-electron chi connectivity index (χ2n) is 1.86. The lowest BCUT2D eigenvalue weighted by molar-refractivity contribution is -0.110. The van der Waals surface area contributed by atoms with Crippen LogP contribution in [0.5, 0.6) is 0 Å². The van der Waals surface area contributed by atoms with Crippen molar-refractivity contribution in [2.24, 2.45) is 5.73 Å². The SMILES string of the molecule is CC(O)C(N)C=O.COC. The van der Waals surface area contributed by atoms with E-state index in [4.69, 9.17) is 10.8 Å². The first kappa shape index (κ1) is 12.2. The largest absolute Gasteiger partial charge is 0.391 e. The van der Waals surface area contributed by atoms with E-state index >= 15 is 0 Å². The minimum absolute atomic E-state index is 0.519. The number of aliphatic hydroxyl groups is 1. The number of ether oxygens (including phenoxy) is 1. The molecule has 0 aliphatic rings. The van der Waals surface area contributed by atoms with Gasteiger partial charge in [-0.3, -0.25) is 0 Å². The summed E-state index contributed by atoms with van der Waals surface area (Å²) in [5, 5.41) is 8.46. The maximum absolute atomic E-state index is 9.66. The predicted molar refractivity (Wildman–Crippen MR) is 38.7 cm³/mol. The third-order valence-electron chi connectivity index (χ3n) is 0.714. The van der Waals surface area contributed by atoms with E-state index in [0.29, 0.717) is 6.29 Å². The summed E-state index contributed by atoms with van der Waals surface area (Å²) in [5.41, 5.74) is 5.00. The number of hydrogen-bond acceptors (Lipinski definition) is 4. The summed E-state index contributed by atoms with van der Waals surface area (Å²) in [6.45, 7) is 1.47. The van der Waals surface area contributed by atoms with E-state index in [2.05, 4.69) is 4.74 Å². The maximum atomic E-state index is 9.66. The first-order chi connectivity index (χ1) is 4.59. The molecule has 0 aliphatic heterocycles. The zero-order chi connectivity index (χ0) is 8.57. The van der Waals surface area contributed by atoms with E-state index in [9.17, 15) is 4.79 Å². The molecule has 0 aromatic carbocycles. The minimum Gasteiger partial charge on any atom is -0.391 e. The van der Waals surface area contributed by atoms with Gasteiger partial charge in [0.05, 0.1) is 12.1 Å². The zero-order valence-corrected chi connectivity index (χ0v) is 6.57. The van der Waals surface area contributed by atoms with Crippen LogP contribution in [0.15, 0.2) is 0 Å². The number of rotatable bonds is 2. The summed E-state index contributed by atoms with van der Waals surface area (Å²) < 4.78 is 4.25. The molecule has 0 bridgehead atoms. The fourth-order valence-corrected chi connectivity index (χ4v) is 0.114. The molecule has 0 radical (unpaired) electrons. The lowest BCUT2D eigenvalue weighted by Gasteiger charge is -2.03. The summed E-state index contributed by atoms with van der Waals surface area (Å²) in [6, 6.07) is -0.722. The Morgan fingerprint density at radius 1 is 1.60 bits per heavy atom. The third kappa shape index (κ3) is 10.5. The molecule has 0 saturated heterocycles. The van der Waals surface area contributed by atoms with Crippen molar-refractivity contribution >= 4 is 6.29 Å². The minimum atomic E-state index is -0.725. The molecule has 2 unspecified atom stereocenters. The Bertz CT molecular complexity index is 75.4. The molecule has 10 heavy (non-hydrogen) atoms.